The van der Waals surface area contributed by atoms with Crippen LogP contribution in [0.4, 0.5) is 5.82 Å². The zero-order valence-corrected chi connectivity index (χ0v) is 11.6. The van der Waals surface area contributed by atoms with Crippen LogP contribution in [0.15, 0.2) is 17.1 Å². The predicted octanol–water partition coefficient (Wildman–Crippen LogP) is -1.23. The lowest BCUT2D eigenvalue weighted by Gasteiger charge is -2.37. The van der Waals surface area contributed by atoms with Crippen LogP contribution in [0.2, 0.25) is 0 Å². The van der Waals surface area contributed by atoms with Crippen molar-refractivity contribution in [3.63, 3.8) is 0 Å². The fraction of sp³-hybridized carbons (Fsp3) is 0.600. The molecule has 0 radical (unpaired) electrons. The average Bonchev–Trinajstić information content (AvgIpc) is 2.37. The molecular weight excluding hydrogens is 287 g/mol. The number of nitrogens with zero attached hydrogens (tertiary/aromatic N) is 3. The summed E-state index contributed by atoms with van der Waals surface area (Å²) in [7, 11) is -4.41. The van der Waals surface area contributed by atoms with Gasteiger partial charge in [0.25, 0.3) is 0 Å². The summed E-state index contributed by atoms with van der Waals surface area (Å²) < 4.78 is 13.6. The van der Waals surface area contributed by atoms with Gasteiger partial charge in [0.15, 0.2) is 0 Å². The summed E-state index contributed by atoms with van der Waals surface area (Å²) in [6, 6.07) is 0.986. The quantitative estimate of drug-likeness (QED) is 0.509. The number of piperidine rings is 1. The topological polar surface area (TPSA) is 142 Å². The molecule has 0 spiro atoms. The van der Waals surface area contributed by atoms with Crippen molar-refractivity contribution in [3.8, 4) is 0 Å². The van der Waals surface area contributed by atoms with Crippen molar-refractivity contribution in [2.75, 3.05) is 25.4 Å². The lowest BCUT2D eigenvalue weighted by atomic mass is 9.96. The molecule has 0 saturated carbocycles. The summed E-state index contributed by atoms with van der Waals surface area (Å²) in [6.45, 7) is -0.0924. The van der Waals surface area contributed by atoms with Crippen molar-refractivity contribution < 1.29 is 19.5 Å². The van der Waals surface area contributed by atoms with Crippen molar-refractivity contribution in [1.29, 1.82) is 0 Å². The van der Waals surface area contributed by atoms with Gasteiger partial charge in [-0.1, -0.05) is 0 Å². The first-order chi connectivity index (χ1) is 9.31. The predicted molar refractivity (Wildman–Crippen MR) is 70.8 cm³/mol. The van der Waals surface area contributed by atoms with E-state index in [4.69, 9.17) is 5.73 Å². The van der Waals surface area contributed by atoms with Crippen molar-refractivity contribution in [2.45, 2.75) is 12.5 Å². The maximum atomic E-state index is 11.8. The molecule has 0 aliphatic carbocycles. The van der Waals surface area contributed by atoms with Gasteiger partial charge in [0.1, 0.15) is 5.82 Å². The Labute approximate surface area is 114 Å². The Morgan fingerprint density at radius 2 is 2.15 bits per heavy atom. The van der Waals surface area contributed by atoms with E-state index in [2.05, 4.69) is 4.98 Å². The fourth-order valence-electron chi connectivity index (χ4n) is 2.40. The highest BCUT2D eigenvalue weighted by Crippen LogP contribution is 2.44. The van der Waals surface area contributed by atoms with Gasteiger partial charge in [-0.2, -0.15) is 4.98 Å². The Hall–Kier alpha value is -1.25. The van der Waals surface area contributed by atoms with Crippen molar-refractivity contribution in [1.82, 2.24) is 14.2 Å². The molecule has 112 valence electrons. The number of aliphatic hydroxyl groups is 1. The van der Waals surface area contributed by atoms with E-state index in [-0.39, 0.29) is 31.4 Å². The van der Waals surface area contributed by atoms with Crippen molar-refractivity contribution in [2.24, 2.45) is 5.92 Å². The smallest absolute Gasteiger partial charge is 0.396 e. The van der Waals surface area contributed by atoms with Crippen LogP contribution in [0.25, 0.3) is 0 Å². The van der Waals surface area contributed by atoms with E-state index < -0.39 is 19.5 Å². The summed E-state index contributed by atoms with van der Waals surface area (Å²) in [5.41, 5.74) is 4.84. The molecule has 0 bridgehead atoms. The molecule has 20 heavy (non-hydrogen) atoms. The summed E-state index contributed by atoms with van der Waals surface area (Å²) in [5, 5.41) is 9.25. The zero-order chi connectivity index (χ0) is 14.9. The second-order valence-electron chi connectivity index (χ2n) is 4.87. The van der Waals surface area contributed by atoms with E-state index in [0.29, 0.717) is 6.42 Å². The number of aliphatic hydroxyl groups excluding tert-OH is 1. The molecular formula is C10H17N4O5P. The van der Waals surface area contributed by atoms with E-state index in [0.717, 1.165) is 4.67 Å². The summed E-state index contributed by atoms with van der Waals surface area (Å²) >= 11 is 0. The molecule has 2 unspecified atom stereocenters. The minimum atomic E-state index is -4.41. The van der Waals surface area contributed by atoms with Gasteiger partial charge in [-0.15, -0.1) is 0 Å². The number of nitrogens with two attached hydrogens (primary N) is 1. The third kappa shape index (κ3) is 3.25. The molecule has 0 amide bonds. The number of hydrogen-bond donors (Lipinski definition) is 4. The van der Waals surface area contributed by atoms with Gasteiger partial charge >= 0.3 is 13.4 Å². The minimum Gasteiger partial charge on any atom is -0.396 e. The lowest BCUT2D eigenvalue weighted by molar-refractivity contribution is 0.114. The highest BCUT2D eigenvalue weighted by molar-refractivity contribution is 7.49. The number of rotatable bonds is 3. The Kier molecular flexibility index (Phi) is 4.26. The molecule has 5 N–H and O–H groups in total. The molecule has 1 aromatic heterocycles. The highest BCUT2D eigenvalue weighted by Gasteiger charge is 2.36. The SMILES string of the molecule is Nc1ccn(C2CC(CO)CN(P(=O)(O)O)C2)c(=O)n1. The maximum absolute atomic E-state index is 11.8. The minimum absolute atomic E-state index is 0.0201. The average molecular weight is 304 g/mol. The van der Waals surface area contributed by atoms with Gasteiger partial charge in [-0.3, -0.25) is 4.57 Å². The van der Waals surface area contributed by atoms with E-state index in [1.54, 1.807) is 0 Å². The van der Waals surface area contributed by atoms with Crippen LogP contribution in [0.1, 0.15) is 12.5 Å². The van der Waals surface area contributed by atoms with Crippen LogP contribution in [0.3, 0.4) is 0 Å². The maximum Gasteiger partial charge on any atom is 0.403 e. The van der Waals surface area contributed by atoms with Crippen LogP contribution in [0, 0.1) is 5.92 Å². The molecule has 1 aliphatic heterocycles. The highest BCUT2D eigenvalue weighted by atomic mass is 31.2. The first kappa shape index (κ1) is 15.1. The number of hydrogen-bond acceptors (Lipinski definition) is 5. The monoisotopic (exact) mass is 304 g/mol. The third-order valence-corrected chi connectivity index (χ3v) is 4.43. The Balaban J connectivity index is 2.30. The number of aromatic nitrogens is 2. The van der Waals surface area contributed by atoms with Crippen LogP contribution in [-0.2, 0) is 4.57 Å². The molecule has 1 aliphatic rings. The standard InChI is InChI=1S/C10H17N4O5P/c11-9-1-2-14(10(16)12-9)8-3-7(6-15)4-13(5-8)20(17,18)19/h1-2,7-8,15H,3-6H2,(H2,11,12,16)(H2,17,18,19). The first-order valence-electron chi connectivity index (χ1n) is 6.07. The van der Waals surface area contributed by atoms with Crippen LogP contribution in [-0.4, -0.2) is 48.8 Å². The Bertz CT molecular complexity index is 585. The van der Waals surface area contributed by atoms with Crippen LogP contribution < -0.4 is 11.4 Å². The molecule has 2 rings (SSSR count). The number of anilines is 1. The van der Waals surface area contributed by atoms with E-state index in [1.165, 1.54) is 16.8 Å². The first-order valence-corrected chi connectivity index (χ1v) is 7.64. The Morgan fingerprint density at radius 3 is 2.70 bits per heavy atom. The summed E-state index contributed by atoms with van der Waals surface area (Å²) in [5.74, 6) is -0.224. The van der Waals surface area contributed by atoms with Gasteiger partial charge in [0, 0.05) is 25.9 Å². The second kappa shape index (κ2) is 5.63. The van der Waals surface area contributed by atoms with Gasteiger partial charge in [-0.25, -0.2) is 14.0 Å². The molecule has 1 saturated heterocycles. The Morgan fingerprint density at radius 1 is 1.45 bits per heavy atom. The van der Waals surface area contributed by atoms with Gasteiger partial charge in [-0.05, 0) is 18.4 Å². The molecule has 10 heteroatoms. The van der Waals surface area contributed by atoms with Gasteiger partial charge in [0.2, 0.25) is 0 Å². The molecule has 9 nitrogen and oxygen atoms in total. The normalized spacial score (nSPS) is 24.8. The third-order valence-electron chi connectivity index (χ3n) is 3.37. The van der Waals surface area contributed by atoms with Crippen LogP contribution >= 0.6 is 7.75 Å². The molecule has 2 heterocycles. The largest absolute Gasteiger partial charge is 0.403 e. The molecule has 0 aromatic carbocycles. The van der Waals surface area contributed by atoms with E-state index >= 15 is 0 Å². The van der Waals surface area contributed by atoms with Crippen LogP contribution in [0.5, 0.6) is 0 Å². The van der Waals surface area contributed by atoms with Crippen molar-refractivity contribution >= 4 is 13.6 Å². The second-order valence-corrected chi connectivity index (χ2v) is 6.46. The summed E-state index contributed by atoms with van der Waals surface area (Å²) in [4.78, 5) is 33.9. The summed E-state index contributed by atoms with van der Waals surface area (Å²) in [6.07, 6.45) is 1.89. The lowest BCUT2D eigenvalue weighted by Crippen LogP contribution is -2.43. The van der Waals surface area contributed by atoms with E-state index in [9.17, 15) is 24.3 Å². The number of nitrogen functional groups attached to an aromatic ring is 1. The zero-order valence-electron chi connectivity index (χ0n) is 10.7. The van der Waals surface area contributed by atoms with Gasteiger partial charge < -0.3 is 20.6 Å². The fourth-order valence-corrected chi connectivity index (χ4v) is 3.24. The van der Waals surface area contributed by atoms with E-state index in [1.807, 2.05) is 0 Å². The van der Waals surface area contributed by atoms with Crippen molar-refractivity contribution in [3.05, 3.63) is 22.7 Å². The molecule has 2 atom stereocenters. The van der Waals surface area contributed by atoms with Gasteiger partial charge in [0.05, 0.1) is 6.04 Å². The molecule has 1 fully saturated rings. The molecule has 1 aromatic rings.